The predicted molar refractivity (Wildman–Crippen MR) is 105 cm³/mol. The summed E-state index contributed by atoms with van der Waals surface area (Å²) >= 11 is 0. The van der Waals surface area contributed by atoms with E-state index in [1.807, 2.05) is 44.2 Å². The van der Waals surface area contributed by atoms with Crippen LogP contribution in [0.15, 0.2) is 59.5 Å². The van der Waals surface area contributed by atoms with Crippen LogP contribution in [-0.2, 0) is 19.5 Å². The molecule has 0 saturated carbocycles. The highest BCUT2D eigenvalue weighted by molar-refractivity contribution is 7.89. The maximum Gasteiger partial charge on any atom is 0.338 e. The fraction of sp³-hybridized carbons (Fsp3) is 0.381. The summed E-state index contributed by atoms with van der Waals surface area (Å²) in [6.07, 6.45) is -0.715. The van der Waals surface area contributed by atoms with E-state index in [0.29, 0.717) is 18.7 Å². The molecule has 1 fully saturated rings. The van der Waals surface area contributed by atoms with Gasteiger partial charge in [-0.05, 0) is 50.6 Å². The second-order valence-electron chi connectivity index (χ2n) is 7.06. The Bertz CT molecular complexity index is 902. The predicted octanol–water partition coefficient (Wildman–Crippen LogP) is 3.40. The molecule has 0 amide bonds. The number of sulfonamides is 1. The molecular formula is C21H25NO5S. The molecule has 0 bridgehead atoms. The number of esters is 1. The van der Waals surface area contributed by atoms with Crippen LogP contribution < -0.4 is 0 Å². The molecule has 6 nitrogen and oxygen atoms in total. The number of rotatable bonds is 5. The fourth-order valence-electron chi connectivity index (χ4n) is 3.26. The van der Waals surface area contributed by atoms with E-state index in [2.05, 4.69) is 0 Å². The molecule has 150 valence electrons. The van der Waals surface area contributed by atoms with Crippen molar-refractivity contribution in [3.8, 4) is 0 Å². The van der Waals surface area contributed by atoms with Gasteiger partial charge in [-0.15, -0.1) is 0 Å². The van der Waals surface area contributed by atoms with Gasteiger partial charge in [0, 0.05) is 13.1 Å². The molecule has 0 unspecified atom stereocenters. The Morgan fingerprint density at radius 1 is 1.04 bits per heavy atom. The normalized spacial score (nSPS) is 21.8. The Kier molecular flexibility index (Phi) is 6.17. The standard InChI is InChI=1S/C21H25NO5S/c1-15-13-22(14-16(2)26-15)28(24,25)20-11-9-19(10-12-20)21(23)27-17(3)18-7-5-4-6-8-18/h4-12,15-17H,13-14H2,1-3H3/t15-,16+,17-/m1/s1. The second-order valence-corrected chi connectivity index (χ2v) is 9.00. The molecule has 3 rings (SSSR count). The highest BCUT2D eigenvalue weighted by Crippen LogP contribution is 2.23. The van der Waals surface area contributed by atoms with E-state index in [4.69, 9.17) is 9.47 Å². The second kappa shape index (κ2) is 8.43. The van der Waals surface area contributed by atoms with Crippen molar-refractivity contribution in [1.29, 1.82) is 0 Å². The Morgan fingerprint density at radius 3 is 2.18 bits per heavy atom. The van der Waals surface area contributed by atoms with Crippen molar-refractivity contribution in [2.24, 2.45) is 0 Å². The summed E-state index contributed by atoms with van der Waals surface area (Å²) in [6, 6.07) is 15.3. The largest absolute Gasteiger partial charge is 0.454 e. The molecule has 0 aromatic heterocycles. The Balaban J connectivity index is 1.71. The number of hydrogen-bond donors (Lipinski definition) is 0. The van der Waals surface area contributed by atoms with Crippen molar-refractivity contribution >= 4 is 16.0 Å². The van der Waals surface area contributed by atoms with Gasteiger partial charge in [0.05, 0.1) is 22.7 Å². The first kappa shape index (κ1) is 20.5. The van der Waals surface area contributed by atoms with Crippen molar-refractivity contribution < 1.29 is 22.7 Å². The number of morpholine rings is 1. The van der Waals surface area contributed by atoms with E-state index in [1.54, 1.807) is 6.92 Å². The Morgan fingerprint density at radius 2 is 1.61 bits per heavy atom. The zero-order valence-corrected chi connectivity index (χ0v) is 17.1. The van der Waals surface area contributed by atoms with E-state index >= 15 is 0 Å². The summed E-state index contributed by atoms with van der Waals surface area (Å²) in [5, 5.41) is 0. The first-order valence-electron chi connectivity index (χ1n) is 9.29. The highest BCUT2D eigenvalue weighted by atomic mass is 32.2. The number of hydrogen-bond acceptors (Lipinski definition) is 5. The van der Waals surface area contributed by atoms with Crippen LogP contribution in [0.5, 0.6) is 0 Å². The summed E-state index contributed by atoms with van der Waals surface area (Å²) in [4.78, 5) is 12.5. The van der Waals surface area contributed by atoms with E-state index in [9.17, 15) is 13.2 Å². The lowest BCUT2D eigenvalue weighted by Crippen LogP contribution is -2.48. The van der Waals surface area contributed by atoms with Crippen LogP contribution in [0.4, 0.5) is 0 Å². The smallest absolute Gasteiger partial charge is 0.338 e. The SMILES string of the molecule is C[C@@H]1CN(S(=O)(=O)c2ccc(C(=O)O[C@H](C)c3ccccc3)cc2)C[C@H](C)O1. The van der Waals surface area contributed by atoms with Gasteiger partial charge in [-0.1, -0.05) is 30.3 Å². The summed E-state index contributed by atoms with van der Waals surface area (Å²) in [5.41, 5.74) is 1.20. The van der Waals surface area contributed by atoms with E-state index in [-0.39, 0.29) is 17.1 Å². The molecule has 1 saturated heterocycles. The number of benzene rings is 2. The van der Waals surface area contributed by atoms with Crippen LogP contribution in [0.25, 0.3) is 0 Å². The van der Waals surface area contributed by atoms with Crippen LogP contribution in [0.2, 0.25) is 0 Å². The third-order valence-electron chi connectivity index (χ3n) is 4.67. The van der Waals surface area contributed by atoms with Gasteiger partial charge >= 0.3 is 5.97 Å². The molecule has 0 spiro atoms. The average molecular weight is 404 g/mol. The van der Waals surface area contributed by atoms with Crippen molar-refractivity contribution in [2.45, 2.75) is 44.0 Å². The third kappa shape index (κ3) is 4.60. The topological polar surface area (TPSA) is 72.9 Å². The van der Waals surface area contributed by atoms with Gasteiger partial charge < -0.3 is 9.47 Å². The lowest BCUT2D eigenvalue weighted by atomic mass is 10.1. The molecule has 1 heterocycles. The number of nitrogens with zero attached hydrogens (tertiary/aromatic N) is 1. The molecule has 0 N–H and O–H groups in total. The molecule has 3 atom stereocenters. The lowest BCUT2D eigenvalue weighted by molar-refractivity contribution is -0.0440. The van der Waals surface area contributed by atoms with Gasteiger partial charge in [0.15, 0.2) is 0 Å². The van der Waals surface area contributed by atoms with Gasteiger partial charge in [0.25, 0.3) is 0 Å². The van der Waals surface area contributed by atoms with Crippen LogP contribution in [-0.4, -0.2) is 44.0 Å². The number of ether oxygens (including phenoxy) is 2. The molecule has 0 aliphatic carbocycles. The molecule has 2 aromatic rings. The van der Waals surface area contributed by atoms with Crippen molar-refractivity contribution in [3.05, 3.63) is 65.7 Å². The molecule has 0 radical (unpaired) electrons. The minimum absolute atomic E-state index is 0.154. The molecule has 2 aromatic carbocycles. The van der Waals surface area contributed by atoms with Crippen LogP contribution >= 0.6 is 0 Å². The quantitative estimate of drug-likeness (QED) is 0.716. The van der Waals surface area contributed by atoms with Gasteiger partial charge in [-0.3, -0.25) is 0 Å². The summed E-state index contributed by atoms with van der Waals surface area (Å²) in [5.74, 6) is -0.492. The van der Waals surface area contributed by atoms with Gasteiger partial charge in [0.2, 0.25) is 10.0 Å². The zero-order chi connectivity index (χ0) is 20.3. The molecule has 1 aliphatic rings. The number of carbonyl (C=O) groups excluding carboxylic acids is 1. The minimum Gasteiger partial charge on any atom is -0.454 e. The van der Waals surface area contributed by atoms with E-state index in [1.165, 1.54) is 28.6 Å². The zero-order valence-electron chi connectivity index (χ0n) is 16.2. The Hall–Kier alpha value is -2.22. The highest BCUT2D eigenvalue weighted by Gasteiger charge is 2.32. The monoisotopic (exact) mass is 403 g/mol. The molecule has 1 aliphatic heterocycles. The summed E-state index contributed by atoms with van der Waals surface area (Å²) in [7, 11) is -3.64. The molecule has 28 heavy (non-hydrogen) atoms. The maximum absolute atomic E-state index is 12.9. The lowest BCUT2D eigenvalue weighted by Gasteiger charge is -2.34. The van der Waals surface area contributed by atoms with Crippen LogP contribution in [0.1, 0.15) is 42.8 Å². The van der Waals surface area contributed by atoms with Crippen molar-refractivity contribution in [3.63, 3.8) is 0 Å². The van der Waals surface area contributed by atoms with E-state index in [0.717, 1.165) is 5.56 Å². The van der Waals surface area contributed by atoms with Gasteiger partial charge in [-0.2, -0.15) is 4.31 Å². The first-order valence-corrected chi connectivity index (χ1v) is 10.7. The summed E-state index contributed by atoms with van der Waals surface area (Å²) < 4.78 is 38.3. The maximum atomic E-state index is 12.9. The third-order valence-corrected chi connectivity index (χ3v) is 6.51. The number of carbonyl (C=O) groups is 1. The van der Waals surface area contributed by atoms with Gasteiger partial charge in [-0.25, -0.2) is 13.2 Å². The van der Waals surface area contributed by atoms with E-state index < -0.39 is 22.1 Å². The minimum atomic E-state index is -3.64. The molecular weight excluding hydrogens is 378 g/mol. The van der Waals surface area contributed by atoms with Crippen molar-refractivity contribution in [2.75, 3.05) is 13.1 Å². The Labute approximate surface area is 166 Å². The average Bonchev–Trinajstić information content (AvgIpc) is 2.68. The van der Waals surface area contributed by atoms with Crippen LogP contribution in [0.3, 0.4) is 0 Å². The first-order chi connectivity index (χ1) is 13.3. The van der Waals surface area contributed by atoms with Gasteiger partial charge in [0.1, 0.15) is 6.10 Å². The van der Waals surface area contributed by atoms with Crippen molar-refractivity contribution in [1.82, 2.24) is 4.31 Å². The molecule has 7 heteroatoms. The fourth-order valence-corrected chi connectivity index (χ4v) is 4.85. The summed E-state index contributed by atoms with van der Waals surface area (Å²) in [6.45, 7) is 6.12. The van der Waals surface area contributed by atoms with Crippen LogP contribution in [0, 0.1) is 0 Å².